The highest BCUT2D eigenvalue weighted by molar-refractivity contribution is 7.03. The van der Waals surface area contributed by atoms with E-state index < -0.39 is 0 Å². The molecule has 0 spiro atoms. The van der Waals surface area contributed by atoms with Crippen molar-refractivity contribution in [2.24, 2.45) is 0 Å². The van der Waals surface area contributed by atoms with Gasteiger partial charge in [0.2, 0.25) is 0 Å². The molecule has 0 saturated carbocycles. The van der Waals surface area contributed by atoms with Crippen molar-refractivity contribution in [1.29, 1.82) is 0 Å². The van der Waals surface area contributed by atoms with E-state index in [9.17, 15) is 4.79 Å². The van der Waals surface area contributed by atoms with Gasteiger partial charge in [-0.1, -0.05) is 0 Å². The van der Waals surface area contributed by atoms with E-state index in [1.165, 1.54) is 11.5 Å². The Labute approximate surface area is 80.7 Å². The maximum atomic E-state index is 10.7. The summed E-state index contributed by atoms with van der Waals surface area (Å²) >= 11 is 1.40. The summed E-state index contributed by atoms with van der Waals surface area (Å²) in [5.74, 6) is 0.851. The first kappa shape index (κ1) is 9.79. The molecule has 3 N–H and O–H groups in total. The topological polar surface area (TPSA) is 66.1 Å². The highest BCUT2D eigenvalue weighted by atomic mass is 32.1. The Kier molecular flexibility index (Phi) is 4.04. The summed E-state index contributed by atoms with van der Waals surface area (Å²) in [5, 5.41) is 10.1. The minimum Gasteiger partial charge on any atom is -0.367 e. The number of rotatable bonds is 4. The standard InChI is InChI=1S/C7H12N4OS/c1-8-7(12)10-4-3-9-6-2-5-13-11-6/h2,5H,3-4H2,1H3,(H,9,11)(H2,8,10,12). The zero-order valence-electron chi connectivity index (χ0n) is 7.33. The minimum atomic E-state index is -0.167. The summed E-state index contributed by atoms with van der Waals surface area (Å²) in [7, 11) is 1.59. The molecule has 0 aliphatic rings. The number of nitrogens with one attached hydrogen (secondary N) is 3. The van der Waals surface area contributed by atoms with Crippen molar-refractivity contribution in [3.63, 3.8) is 0 Å². The lowest BCUT2D eigenvalue weighted by molar-refractivity contribution is 0.243. The lowest BCUT2D eigenvalue weighted by atomic mass is 10.5. The van der Waals surface area contributed by atoms with Crippen LogP contribution < -0.4 is 16.0 Å². The molecule has 0 saturated heterocycles. The van der Waals surface area contributed by atoms with E-state index >= 15 is 0 Å². The lowest BCUT2D eigenvalue weighted by Crippen LogP contribution is -2.35. The van der Waals surface area contributed by atoms with Crippen molar-refractivity contribution in [1.82, 2.24) is 15.0 Å². The van der Waals surface area contributed by atoms with Gasteiger partial charge < -0.3 is 16.0 Å². The fourth-order valence-electron chi connectivity index (χ4n) is 0.759. The molecule has 0 radical (unpaired) electrons. The second-order valence-electron chi connectivity index (χ2n) is 2.32. The largest absolute Gasteiger partial charge is 0.367 e. The number of carbonyl (C=O) groups excluding carboxylic acids is 1. The van der Waals surface area contributed by atoms with Gasteiger partial charge in [-0.05, 0) is 17.6 Å². The molecule has 0 fully saturated rings. The fraction of sp³-hybridized carbons (Fsp3) is 0.429. The van der Waals surface area contributed by atoms with E-state index in [2.05, 4.69) is 20.3 Å². The monoisotopic (exact) mass is 200 g/mol. The molecule has 6 heteroatoms. The molecule has 0 aliphatic heterocycles. The molecular formula is C7H12N4OS. The fourth-order valence-corrected chi connectivity index (χ4v) is 1.25. The van der Waals surface area contributed by atoms with Crippen molar-refractivity contribution in [3.05, 3.63) is 11.4 Å². The van der Waals surface area contributed by atoms with Gasteiger partial charge in [0.15, 0.2) is 0 Å². The van der Waals surface area contributed by atoms with Crippen molar-refractivity contribution < 1.29 is 4.79 Å². The summed E-state index contributed by atoms with van der Waals surface area (Å²) < 4.78 is 4.06. The van der Waals surface area contributed by atoms with Gasteiger partial charge in [0.05, 0.1) is 0 Å². The average molecular weight is 200 g/mol. The molecule has 1 aromatic heterocycles. The average Bonchev–Trinajstić information content (AvgIpc) is 2.64. The van der Waals surface area contributed by atoms with Gasteiger partial charge in [-0.25, -0.2) is 4.79 Å². The number of urea groups is 1. The Morgan fingerprint density at radius 3 is 3.08 bits per heavy atom. The van der Waals surface area contributed by atoms with Crippen LogP contribution in [0.2, 0.25) is 0 Å². The predicted molar refractivity (Wildman–Crippen MR) is 53.1 cm³/mol. The van der Waals surface area contributed by atoms with Gasteiger partial charge in [-0.3, -0.25) is 0 Å². The number of anilines is 1. The summed E-state index contributed by atoms with van der Waals surface area (Å²) in [6.45, 7) is 1.26. The quantitative estimate of drug-likeness (QED) is 0.619. The van der Waals surface area contributed by atoms with Gasteiger partial charge in [0.25, 0.3) is 0 Å². The summed E-state index contributed by atoms with van der Waals surface area (Å²) in [5.41, 5.74) is 0. The Morgan fingerprint density at radius 2 is 2.46 bits per heavy atom. The molecule has 0 aromatic carbocycles. The van der Waals surface area contributed by atoms with Crippen LogP contribution in [0.25, 0.3) is 0 Å². The highest BCUT2D eigenvalue weighted by Gasteiger charge is 1.95. The molecule has 2 amide bonds. The second-order valence-corrected chi connectivity index (χ2v) is 2.98. The number of hydrogen-bond acceptors (Lipinski definition) is 4. The van der Waals surface area contributed by atoms with Crippen molar-refractivity contribution in [2.45, 2.75) is 0 Å². The van der Waals surface area contributed by atoms with Gasteiger partial charge >= 0.3 is 6.03 Å². The van der Waals surface area contributed by atoms with Crippen LogP contribution >= 0.6 is 11.5 Å². The first-order valence-electron chi connectivity index (χ1n) is 3.93. The van der Waals surface area contributed by atoms with Crippen LogP contribution in [0.5, 0.6) is 0 Å². The predicted octanol–water partition coefficient (Wildman–Crippen LogP) is 0.484. The lowest BCUT2D eigenvalue weighted by Gasteiger charge is -2.04. The Hall–Kier alpha value is -1.30. The third-order valence-corrected chi connectivity index (χ3v) is 1.94. The summed E-state index contributed by atoms with van der Waals surface area (Å²) in [6, 6.07) is 1.73. The molecule has 0 atom stereocenters. The SMILES string of the molecule is CNC(=O)NCCNc1ccsn1. The number of amides is 2. The highest BCUT2D eigenvalue weighted by Crippen LogP contribution is 2.03. The zero-order valence-corrected chi connectivity index (χ0v) is 8.15. The Morgan fingerprint density at radius 1 is 1.62 bits per heavy atom. The molecule has 1 aromatic rings. The Bertz CT molecular complexity index is 249. The van der Waals surface area contributed by atoms with Crippen molar-refractivity contribution in [2.75, 3.05) is 25.5 Å². The van der Waals surface area contributed by atoms with Gasteiger partial charge in [-0.2, -0.15) is 4.37 Å². The third-order valence-electron chi connectivity index (χ3n) is 1.38. The summed E-state index contributed by atoms with van der Waals surface area (Å²) in [6.07, 6.45) is 0. The van der Waals surface area contributed by atoms with E-state index in [4.69, 9.17) is 0 Å². The smallest absolute Gasteiger partial charge is 0.314 e. The van der Waals surface area contributed by atoms with Crippen LogP contribution in [0.3, 0.4) is 0 Å². The van der Waals surface area contributed by atoms with Crippen LogP contribution in [-0.2, 0) is 0 Å². The third kappa shape index (κ3) is 3.75. The number of aromatic nitrogens is 1. The number of nitrogens with zero attached hydrogens (tertiary/aromatic N) is 1. The molecule has 5 nitrogen and oxygen atoms in total. The van der Waals surface area contributed by atoms with Gasteiger partial charge in [0.1, 0.15) is 5.82 Å². The van der Waals surface area contributed by atoms with E-state index in [0.717, 1.165) is 5.82 Å². The molecule has 0 bridgehead atoms. The molecule has 0 unspecified atom stereocenters. The molecule has 72 valence electrons. The van der Waals surface area contributed by atoms with Crippen LogP contribution in [0, 0.1) is 0 Å². The first-order chi connectivity index (χ1) is 6.33. The van der Waals surface area contributed by atoms with Gasteiger partial charge in [0, 0.05) is 25.5 Å². The second kappa shape index (κ2) is 5.36. The van der Waals surface area contributed by atoms with Crippen LogP contribution in [0.15, 0.2) is 11.4 Å². The van der Waals surface area contributed by atoms with E-state index in [1.54, 1.807) is 7.05 Å². The van der Waals surface area contributed by atoms with Crippen molar-refractivity contribution >= 4 is 23.4 Å². The van der Waals surface area contributed by atoms with E-state index in [0.29, 0.717) is 13.1 Å². The maximum absolute atomic E-state index is 10.7. The van der Waals surface area contributed by atoms with Crippen LogP contribution in [0.4, 0.5) is 10.6 Å². The van der Waals surface area contributed by atoms with Gasteiger partial charge in [-0.15, -0.1) is 0 Å². The van der Waals surface area contributed by atoms with E-state index in [-0.39, 0.29) is 6.03 Å². The van der Waals surface area contributed by atoms with Crippen molar-refractivity contribution in [3.8, 4) is 0 Å². The molecular weight excluding hydrogens is 188 g/mol. The van der Waals surface area contributed by atoms with E-state index in [1.807, 2.05) is 11.4 Å². The molecule has 13 heavy (non-hydrogen) atoms. The Balaban J connectivity index is 2.05. The maximum Gasteiger partial charge on any atom is 0.314 e. The first-order valence-corrected chi connectivity index (χ1v) is 4.76. The molecule has 1 heterocycles. The van der Waals surface area contributed by atoms with Crippen LogP contribution in [0.1, 0.15) is 0 Å². The normalized spacial score (nSPS) is 9.31. The molecule has 1 rings (SSSR count). The van der Waals surface area contributed by atoms with Crippen LogP contribution in [-0.4, -0.2) is 30.5 Å². The number of carbonyl (C=O) groups is 1. The minimum absolute atomic E-state index is 0.167. The molecule has 0 aliphatic carbocycles. The zero-order chi connectivity index (χ0) is 9.52. The number of hydrogen-bond donors (Lipinski definition) is 3. The summed E-state index contributed by atoms with van der Waals surface area (Å²) in [4.78, 5) is 10.7.